The molecule has 2 unspecified atom stereocenters. The second kappa shape index (κ2) is 6.42. The molecule has 0 aromatic heterocycles. The number of Topliss-reactive ketones (excluding diaryl/α,β-unsaturated/α-hetero) is 1. The van der Waals surface area contributed by atoms with E-state index >= 15 is 0 Å². The molecule has 0 spiro atoms. The lowest BCUT2D eigenvalue weighted by molar-refractivity contribution is 0.102. The maximum atomic E-state index is 12.1. The largest absolute Gasteiger partial charge is 0.293 e. The molecule has 0 heterocycles. The maximum absolute atomic E-state index is 12.1. The Bertz CT molecular complexity index is 413. The van der Waals surface area contributed by atoms with Crippen LogP contribution in [0.1, 0.15) is 48.5 Å². The van der Waals surface area contributed by atoms with Crippen LogP contribution in [-0.2, 0) is 0 Å². The number of hydrogen-bond acceptors (Lipinski definition) is 2. The minimum Gasteiger partial charge on any atom is -0.293 e. The van der Waals surface area contributed by atoms with Gasteiger partial charge in [0.2, 0.25) is 0 Å². The zero-order valence-electron chi connectivity index (χ0n) is 11.3. The van der Waals surface area contributed by atoms with Crippen LogP contribution in [0.4, 0.5) is 0 Å². The average Bonchev–Trinajstić information content (AvgIpc) is 2.36. The van der Waals surface area contributed by atoms with Crippen LogP contribution in [0.25, 0.3) is 0 Å². The van der Waals surface area contributed by atoms with E-state index in [4.69, 9.17) is 0 Å². The number of benzene rings is 1. The second-order valence-corrected chi connectivity index (χ2v) is 6.79. The summed E-state index contributed by atoms with van der Waals surface area (Å²) in [7, 11) is 0. The Kier molecular flexibility index (Phi) is 4.87. The molecule has 2 heteroatoms. The lowest BCUT2D eigenvalue weighted by Gasteiger charge is -2.25. The van der Waals surface area contributed by atoms with Gasteiger partial charge in [0.25, 0.3) is 0 Å². The number of thioether (sulfide) groups is 1. The Morgan fingerprint density at radius 1 is 1.39 bits per heavy atom. The lowest BCUT2D eigenvalue weighted by atomic mass is 9.91. The van der Waals surface area contributed by atoms with Gasteiger partial charge in [-0.2, -0.15) is 11.8 Å². The van der Waals surface area contributed by atoms with Crippen molar-refractivity contribution in [3.63, 3.8) is 0 Å². The molecule has 0 bridgehead atoms. The highest BCUT2D eigenvalue weighted by Crippen LogP contribution is 2.32. The molecule has 1 aliphatic carbocycles. The first-order valence-electron chi connectivity index (χ1n) is 6.86. The van der Waals surface area contributed by atoms with Gasteiger partial charge in [0.15, 0.2) is 5.78 Å². The Morgan fingerprint density at radius 2 is 2.22 bits per heavy atom. The lowest BCUT2D eigenvalue weighted by Crippen LogP contribution is -2.17. The molecular formula is C16H22OS. The predicted octanol–water partition coefficient (Wildman–Crippen LogP) is 4.49. The van der Waals surface area contributed by atoms with E-state index in [1.54, 1.807) is 0 Å². The van der Waals surface area contributed by atoms with Crippen molar-refractivity contribution in [2.24, 2.45) is 5.92 Å². The molecule has 0 amide bonds. The third kappa shape index (κ3) is 3.88. The molecule has 1 aromatic carbocycles. The number of rotatable bonds is 4. The van der Waals surface area contributed by atoms with Gasteiger partial charge in [0, 0.05) is 10.8 Å². The van der Waals surface area contributed by atoms with Gasteiger partial charge in [-0.25, -0.2) is 0 Å². The average molecular weight is 262 g/mol. The number of ketones is 1. The summed E-state index contributed by atoms with van der Waals surface area (Å²) >= 11 is 1.86. The van der Waals surface area contributed by atoms with Crippen LogP contribution in [0.3, 0.4) is 0 Å². The molecule has 98 valence electrons. The van der Waals surface area contributed by atoms with E-state index in [-0.39, 0.29) is 5.78 Å². The van der Waals surface area contributed by atoms with Gasteiger partial charge >= 0.3 is 0 Å². The zero-order chi connectivity index (χ0) is 13.0. The smallest absolute Gasteiger partial charge is 0.172 e. The van der Waals surface area contributed by atoms with Crippen molar-refractivity contribution in [3.8, 4) is 0 Å². The summed E-state index contributed by atoms with van der Waals surface area (Å²) in [5.41, 5.74) is 2.03. The fraction of sp³-hybridized carbons (Fsp3) is 0.562. The maximum Gasteiger partial charge on any atom is 0.172 e. The highest BCUT2D eigenvalue weighted by atomic mass is 32.2. The van der Waals surface area contributed by atoms with Gasteiger partial charge in [0.05, 0.1) is 5.75 Å². The van der Waals surface area contributed by atoms with Crippen LogP contribution >= 0.6 is 11.8 Å². The number of carbonyl (C=O) groups excluding carboxylic acids is 1. The van der Waals surface area contributed by atoms with Crippen molar-refractivity contribution < 1.29 is 4.79 Å². The summed E-state index contributed by atoms with van der Waals surface area (Å²) in [6.07, 6.45) is 5.27. The van der Waals surface area contributed by atoms with E-state index in [0.717, 1.165) is 17.0 Å². The predicted molar refractivity (Wildman–Crippen MR) is 79.4 cm³/mol. The quantitative estimate of drug-likeness (QED) is 0.744. The third-order valence-corrected chi connectivity index (χ3v) is 5.01. The van der Waals surface area contributed by atoms with Gasteiger partial charge in [-0.05, 0) is 31.7 Å². The van der Waals surface area contributed by atoms with Gasteiger partial charge < -0.3 is 0 Å². The molecule has 1 fully saturated rings. The first-order valence-corrected chi connectivity index (χ1v) is 7.91. The van der Waals surface area contributed by atoms with E-state index < -0.39 is 0 Å². The van der Waals surface area contributed by atoms with Crippen molar-refractivity contribution in [1.29, 1.82) is 0 Å². The minimum atomic E-state index is 0.280. The molecule has 1 saturated carbocycles. The Balaban J connectivity index is 1.84. The molecule has 0 aliphatic heterocycles. The molecule has 18 heavy (non-hydrogen) atoms. The standard InChI is InChI=1S/C16H22OS/c1-12-5-3-7-14(9-12)16(17)11-18-15-8-4-6-13(2)10-15/h3,5,7,9,13,15H,4,6,8,10-11H2,1-2H3. The van der Waals surface area contributed by atoms with Crippen LogP contribution in [0.2, 0.25) is 0 Å². The van der Waals surface area contributed by atoms with Crippen molar-refractivity contribution >= 4 is 17.5 Å². The van der Waals surface area contributed by atoms with E-state index in [2.05, 4.69) is 6.92 Å². The van der Waals surface area contributed by atoms with Crippen molar-refractivity contribution in [1.82, 2.24) is 0 Å². The number of hydrogen-bond donors (Lipinski definition) is 0. The van der Waals surface area contributed by atoms with Crippen LogP contribution in [0.15, 0.2) is 24.3 Å². The van der Waals surface area contributed by atoms with Crippen LogP contribution < -0.4 is 0 Å². The van der Waals surface area contributed by atoms with Crippen molar-refractivity contribution in [2.45, 2.75) is 44.8 Å². The molecule has 2 rings (SSSR count). The van der Waals surface area contributed by atoms with Gasteiger partial charge in [-0.3, -0.25) is 4.79 Å². The summed E-state index contributed by atoms with van der Waals surface area (Å²) in [6, 6.07) is 7.93. The molecule has 2 atom stereocenters. The second-order valence-electron chi connectivity index (χ2n) is 5.50. The van der Waals surface area contributed by atoms with E-state index in [1.165, 1.54) is 25.7 Å². The molecular weight excluding hydrogens is 240 g/mol. The van der Waals surface area contributed by atoms with Crippen molar-refractivity contribution in [3.05, 3.63) is 35.4 Å². The van der Waals surface area contributed by atoms with E-state index in [0.29, 0.717) is 11.0 Å². The topological polar surface area (TPSA) is 17.1 Å². The molecule has 1 aliphatic rings. The van der Waals surface area contributed by atoms with E-state index in [1.807, 2.05) is 43.0 Å². The Hall–Kier alpha value is -0.760. The van der Waals surface area contributed by atoms with Gasteiger partial charge in [-0.1, -0.05) is 43.5 Å². The molecule has 0 saturated heterocycles. The first-order chi connectivity index (χ1) is 8.65. The number of carbonyl (C=O) groups is 1. The summed E-state index contributed by atoms with van der Waals surface area (Å²) in [4.78, 5) is 12.1. The fourth-order valence-corrected chi connectivity index (χ4v) is 3.98. The van der Waals surface area contributed by atoms with Gasteiger partial charge in [0.1, 0.15) is 0 Å². The van der Waals surface area contributed by atoms with Crippen molar-refractivity contribution in [2.75, 3.05) is 5.75 Å². The third-order valence-electron chi connectivity index (χ3n) is 3.68. The molecule has 1 nitrogen and oxygen atoms in total. The van der Waals surface area contributed by atoms with Crippen LogP contribution in [0, 0.1) is 12.8 Å². The highest BCUT2D eigenvalue weighted by molar-refractivity contribution is 8.00. The highest BCUT2D eigenvalue weighted by Gasteiger charge is 2.20. The Labute approximate surface area is 114 Å². The SMILES string of the molecule is Cc1cccc(C(=O)CSC2CCCC(C)C2)c1. The minimum absolute atomic E-state index is 0.280. The molecule has 0 radical (unpaired) electrons. The summed E-state index contributed by atoms with van der Waals surface area (Å²) < 4.78 is 0. The number of aryl methyl sites for hydroxylation is 1. The normalized spacial score (nSPS) is 23.9. The van der Waals surface area contributed by atoms with Crippen LogP contribution in [0.5, 0.6) is 0 Å². The van der Waals surface area contributed by atoms with E-state index in [9.17, 15) is 4.79 Å². The Morgan fingerprint density at radius 3 is 2.94 bits per heavy atom. The summed E-state index contributed by atoms with van der Waals surface area (Å²) in [5, 5.41) is 0.697. The molecule has 1 aromatic rings. The first kappa shape index (κ1) is 13.7. The van der Waals surface area contributed by atoms with Gasteiger partial charge in [-0.15, -0.1) is 0 Å². The fourth-order valence-electron chi connectivity index (χ4n) is 2.63. The zero-order valence-corrected chi connectivity index (χ0v) is 12.1. The van der Waals surface area contributed by atoms with Crippen LogP contribution in [-0.4, -0.2) is 16.8 Å². The molecule has 0 N–H and O–H groups in total. The summed E-state index contributed by atoms with van der Waals surface area (Å²) in [5.74, 6) is 1.76. The summed E-state index contributed by atoms with van der Waals surface area (Å²) in [6.45, 7) is 4.36. The monoisotopic (exact) mass is 262 g/mol.